The first-order valence-electron chi connectivity index (χ1n) is 7.51. The molecule has 1 saturated heterocycles. The van der Waals surface area contributed by atoms with E-state index in [1.165, 1.54) is 7.11 Å². The summed E-state index contributed by atoms with van der Waals surface area (Å²) in [7, 11) is 1.24. The molecule has 0 aromatic heterocycles. The lowest BCUT2D eigenvalue weighted by Crippen LogP contribution is -2.35. The molecule has 1 aromatic rings. The zero-order valence-corrected chi connectivity index (χ0v) is 15.0. The van der Waals surface area contributed by atoms with Gasteiger partial charge in [0.15, 0.2) is 5.82 Å². The molecule has 1 fully saturated rings. The van der Waals surface area contributed by atoms with Gasteiger partial charge in [0.2, 0.25) is 0 Å². The number of methoxy groups -OCH3 is 1. The van der Waals surface area contributed by atoms with Crippen molar-refractivity contribution in [1.29, 1.82) is 0 Å². The normalized spacial score (nSPS) is 19.7. The third-order valence-electron chi connectivity index (χ3n) is 4.39. The lowest BCUT2D eigenvalue weighted by Gasteiger charge is -2.31. The number of nitro groups is 1. The van der Waals surface area contributed by atoms with Gasteiger partial charge >= 0.3 is 5.97 Å². The summed E-state index contributed by atoms with van der Waals surface area (Å²) >= 11 is 12.4. The van der Waals surface area contributed by atoms with Crippen molar-refractivity contribution in [2.75, 3.05) is 20.2 Å². The number of nitrogens with one attached hydrogen (secondary N) is 1. The topological polar surface area (TPSA) is 84.7 Å². The van der Waals surface area contributed by atoms with E-state index in [0.29, 0.717) is 30.2 Å². The number of rotatable bonds is 3. The van der Waals surface area contributed by atoms with Crippen LogP contribution in [0.15, 0.2) is 41.0 Å². The van der Waals surface area contributed by atoms with Crippen LogP contribution in [0.1, 0.15) is 18.4 Å². The lowest BCUT2D eigenvalue weighted by atomic mass is 9.84. The average molecular weight is 384 g/mol. The Morgan fingerprint density at radius 1 is 1.44 bits per heavy atom. The van der Waals surface area contributed by atoms with Gasteiger partial charge in [0.1, 0.15) is 5.92 Å². The molecule has 0 spiro atoms. The van der Waals surface area contributed by atoms with Crippen LogP contribution in [-0.4, -0.2) is 36.0 Å². The predicted molar refractivity (Wildman–Crippen MR) is 92.6 cm³/mol. The van der Waals surface area contributed by atoms with Gasteiger partial charge in [-0.2, -0.15) is 0 Å². The average Bonchev–Trinajstić information content (AvgIpc) is 3.06. The van der Waals surface area contributed by atoms with Gasteiger partial charge in [0, 0.05) is 18.8 Å². The minimum absolute atomic E-state index is 0.146. The molecule has 0 saturated carbocycles. The Balaban J connectivity index is 2.32. The van der Waals surface area contributed by atoms with Crippen molar-refractivity contribution in [3.63, 3.8) is 0 Å². The molecule has 1 atom stereocenters. The van der Waals surface area contributed by atoms with Crippen molar-refractivity contribution in [3.8, 4) is 0 Å². The molecular formula is C16H15Cl2N3O4. The van der Waals surface area contributed by atoms with Crippen LogP contribution in [0.5, 0.6) is 0 Å². The number of fused-ring (bicyclic) bond motifs is 1. The number of carbonyl (C=O) groups excluding carboxylic acids is 1. The van der Waals surface area contributed by atoms with E-state index < -0.39 is 16.8 Å². The summed E-state index contributed by atoms with van der Waals surface area (Å²) in [4.78, 5) is 25.6. The van der Waals surface area contributed by atoms with Crippen LogP contribution in [0, 0.1) is 10.1 Å². The summed E-state index contributed by atoms with van der Waals surface area (Å²) in [5.74, 6) is -1.24. The first-order chi connectivity index (χ1) is 11.9. The van der Waals surface area contributed by atoms with Crippen LogP contribution in [0.4, 0.5) is 0 Å². The van der Waals surface area contributed by atoms with Crippen molar-refractivity contribution in [2.45, 2.75) is 12.8 Å². The van der Waals surface area contributed by atoms with Crippen molar-refractivity contribution in [1.82, 2.24) is 10.2 Å². The molecule has 25 heavy (non-hydrogen) atoms. The van der Waals surface area contributed by atoms with E-state index in [9.17, 15) is 14.9 Å². The fraction of sp³-hybridized carbons (Fsp3) is 0.312. The fourth-order valence-electron chi connectivity index (χ4n) is 3.30. The lowest BCUT2D eigenvalue weighted by molar-refractivity contribution is -0.432. The fourth-order valence-corrected chi connectivity index (χ4v) is 3.72. The summed E-state index contributed by atoms with van der Waals surface area (Å²) in [6.07, 6.45) is 0. The zero-order chi connectivity index (χ0) is 18.3. The first-order valence-corrected chi connectivity index (χ1v) is 8.27. The maximum Gasteiger partial charge on any atom is 0.336 e. The molecule has 0 bridgehead atoms. The zero-order valence-electron chi connectivity index (χ0n) is 13.5. The second-order valence-electron chi connectivity index (χ2n) is 5.64. The molecule has 2 aliphatic heterocycles. The van der Waals surface area contributed by atoms with Gasteiger partial charge in [-0.25, -0.2) is 4.79 Å². The molecule has 0 radical (unpaired) electrons. The highest BCUT2D eigenvalue weighted by Crippen LogP contribution is 2.45. The van der Waals surface area contributed by atoms with E-state index >= 15 is 0 Å². The van der Waals surface area contributed by atoms with Crippen LogP contribution >= 0.6 is 23.2 Å². The first kappa shape index (κ1) is 17.6. The number of hydrogen-bond donors (Lipinski definition) is 1. The Labute approximate surface area is 154 Å². The molecule has 2 aliphatic rings. The van der Waals surface area contributed by atoms with Gasteiger partial charge in [0.25, 0.3) is 5.70 Å². The van der Waals surface area contributed by atoms with Crippen molar-refractivity contribution in [3.05, 3.63) is 66.7 Å². The van der Waals surface area contributed by atoms with E-state index in [1.807, 2.05) is 0 Å². The number of allylic oxidation sites excluding steroid dienone is 2. The van der Waals surface area contributed by atoms with Gasteiger partial charge in [-0.15, -0.1) is 0 Å². The highest BCUT2D eigenvalue weighted by molar-refractivity contribution is 6.42. The number of esters is 1. The smallest absolute Gasteiger partial charge is 0.336 e. The van der Waals surface area contributed by atoms with Crippen LogP contribution < -0.4 is 5.32 Å². The van der Waals surface area contributed by atoms with Crippen molar-refractivity contribution >= 4 is 29.2 Å². The predicted octanol–water partition coefficient (Wildman–Crippen LogP) is 2.89. The molecule has 1 unspecified atom stereocenters. The van der Waals surface area contributed by atoms with Crippen LogP contribution in [0.25, 0.3) is 0 Å². The summed E-state index contributed by atoms with van der Waals surface area (Å²) in [5.41, 5.74) is 1.03. The molecule has 9 heteroatoms. The standard InChI is InChI=1S/C16H15Cl2N3O4/c1-8-11(16(22)25-2)12(9-4-3-5-10(17)13(9)18)14(21(23)24)15-19-6-7-20(8)15/h3-5,12,19H,6-7H2,1-2H3. The summed E-state index contributed by atoms with van der Waals surface area (Å²) < 4.78 is 4.89. The molecule has 1 aromatic carbocycles. The molecule has 132 valence electrons. The summed E-state index contributed by atoms with van der Waals surface area (Å²) in [5, 5.41) is 15.3. The van der Waals surface area contributed by atoms with Gasteiger partial charge < -0.3 is 15.0 Å². The van der Waals surface area contributed by atoms with Crippen LogP contribution in [0.3, 0.4) is 0 Å². The van der Waals surface area contributed by atoms with Crippen LogP contribution in [-0.2, 0) is 9.53 Å². The Morgan fingerprint density at radius 3 is 2.80 bits per heavy atom. The highest BCUT2D eigenvalue weighted by Gasteiger charge is 2.47. The third-order valence-corrected chi connectivity index (χ3v) is 5.23. The van der Waals surface area contributed by atoms with E-state index in [2.05, 4.69) is 5.32 Å². The molecule has 1 N–H and O–H groups in total. The maximum absolute atomic E-state index is 12.5. The Bertz CT molecular complexity index is 835. The Kier molecular flexibility index (Phi) is 4.62. The highest BCUT2D eigenvalue weighted by atomic mass is 35.5. The quantitative estimate of drug-likeness (QED) is 0.490. The van der Waals surface area contributed by atoms with Gasteiger partial charge in [-0.3, -0.25) is 10.1 Å². The van der Waals surface area contributed by atoms with Crippen LogP contribution in [0.2, 0.25) is 10.0 Å². The molecule has 0 aliphatic carbocycles. The monoisotopic (exact) mass is 383 g/mol. The van der Waals surface area contributed by atoms with Gasteiger partial charge in [0.05, 0.1) is 27.7 Å². The number of benzene rings is 1. The number of carbonyl (C=O) groups is 1. The molecule has 7 nitrogen and oxygen atoms in total. The summed E-state index contributed by atoms with van der Waals surface area (Å²) in [6, 6.07) is 4.86. The molecular weight excluding hydrogens is 369 g/mol. The Hall–Kier alpha value is -2.25. The number of hydrogen-bond acceptors (Lipinski definition) is 6. The number of halogens is 2. The second-order valence-corrected chi connectivity index (χ2v) is 6.42. The minimum Gasteiger partial charge on any atom is -0.466 e. The van der Waals surface area contributed by atoms with E-state index in [4.69, 9.17) is 27.9 Å². The number of ether oxygens (including phenoxy) is 1. The minimum atomic E-state index is -0.981. The van der Waals surface area contributed by atoms with E-state index in [1.54, 1.807) is 30.0 Å². The molecule has 2 heterocycles. The molecule has 3 rings (SSSR count). The van der Waals surface area contributed by atoms with Crippen molar-refractivity contribution < 1.29 is 14.5 Å². The maximum atomic E-state index is 12.5. The SMILES string of the molecule is COC(=O)C1=C(C)N2CCNC2=C([N+](=O)[O-])C1c1cccc(Cl)c1Cl. The molecule has 0 amide bonds. The number of nitrogens with zero attached hydrogens (tertiary/aromatic N) is 2. The van der Waals surface area contributed by atoms with Crippen molar-refractivity contribution in [2.24, 2.45) is 0 Å². The third kappa shape index (κ3) is 2.73. The Morgan fingerprint density at radius 2 is 2.16 bits per heavy atom. The second kappa shape index (κ2) is 6.57. The van der Waals surface area contributed by atoms with Gasteiger partial charge in [-0.1, -0.05) is 35.3 Å². The summed E-state index contributed by atoms with van der Waals surface area (Å²) in [6.45, 7) is 2.80. The van der Waals surface area contributed by atoms with E-state index in [0.717, 1.165) is 0 Å². The van der Waals surface area contributed by atoms with E-state index in [-0.39, 0.29) is 21.3 Å². The largest absolute Gasteiger partial charge is 0.466 e. The van der Waals surface area contributed by atoms with Gasteiger partial charge in [-0.05, 0) is 18.6 Å².